The van der Waals surface area contributed by atoms with Crippen molar-refractivity contribution in [2.24, 2.45) is 0 Å². The summed E-state index contributed by atoms with van der Waals surface area (Å²) in [6.07, 6.45) is -0.596. The summed E-state index contributed by atoms with van der Waals surface area (Å²) >= 11 is 0. The first kappa shape index (κ1) is 16.5. The van der Waals surface area contributed by atoms with E-state index in [-0.39, 0.29) is 17.8 Å². The highest BCUT2D eigenvalue weighted by Crippen LogP contribution is 2.24. The number of ether oxygens (including phenoxy) is 1. The second-order valence-electron chi connectivity index (χ2n) is 5.88. The SMILES string of the molecule is CC(Oc1ccccc1)C(=O)N1CCNCC1c1cccc(F)c1. The maximum Gasteiger partial charge on any atom is 0.263 e. The minimum absolute atomic E-state index is 0.0883. The molecule has 0 radical (unpaired) electrons. The van der Waals surface area contributed by atoms with Crippen molar-refractivity contribution in [1.29, 1.82) is 0 Å². The van der Waals surface area contributed by atoms with Crippen LogP contribution in [0.3, 0.4) is 0 Å². The predicted molar refractivity (Wildman–Crippen MR) is 90.3 cm³/mol. The Labute approximate surface area is 141 Å². The van der Waals surface area contributed by atoms with E-state index in [1.54, 1.807) is 17.9 Å². The Bertz CT molecular complexity index is 693. The molecule has 1 aliphatic heterocycles. The fourth-order valence-corrected chi connectivity index (χ4v) is 2.97. The number of rotatable bonds is 4. The summed E-state index contributed by atoms with van der Waals surface area (Å²) < 4.78 is 19.3. The summed E-state index contributed by atoms with van der Waals surface area (Å²) in [6.45, 7) is 3.64. The Balaban J connectivity index is 1.76. The molecule has 0 spiro atoms. The van der Waals surface area contributed by atoms with Crippen LogP contribution in [-0.4, -0.2) is 36.5 Å². The molecular formula is C19H21FN2O2. The molecule has 0 saturated carbocycles. The highest BCUT2D eigenvalue weighted by atomic mass is 19.1. The molecule has 4 nitrogen and oxygen atoms in total. The van der Waals surface area contributed by atoms with E-state index >= 15 is 0 Å². The summed E-state index contributed by atoms with van der Waals surface area (Å²) in [5, 5.41) is 3.27. The Morgan fingerprint density at radius 1 is 1.25 bits per heavy atom. The molecule has 1 aliphatic rings. The number of para-hydroxylation sites is 1. The molecule has 0 aromatic heterocycles. The molecule has 24 heavy (non-hydrogen) atoms. The van der Waals surface area contributed by atoms with E-state index in [9.17, 15) is 9.18 Å². The van der Waals surface area contributed by atoms with Gasteiger partial charge in [-0.2, -0.15) is 0 Å². The molecule has 2 aromatic carbocycles. The molecule has 1 saturated heterocycles. The third kappa shape index (κ3) is 3.74. The average Bonchev–Trinajstić information content (AvgIpc) is 2.62. The molecule has 5 heteroatoms. The number of carbonyl (C=O) groups is 1. The number of nitrogens with zero attached hydrogens (tertiary/aromatic N) is 1. The van der Waals surface area contributed by atoms with E-state index in [4.69, 9.17) is 4.74 Å². The van der Waals surface area contributed by atoms with E-state index < -0.39 is 6.10 Å². The van der Waals surface area contributed by atoms with Gasteiger partial charge in [-0.15, -0.1) is 0 Å². The smallest absolute Gasteiger partial charge is 0.263 e. The minimum atomic E-state index is -0.596. The fraction of sp³-hybridized carbons (Fsp3) is 0.316. The third-order valence-corrected chi connectivity index (χ3v) is 4.16. The van der Waals surface area contributed by atoms with Gasteiger partial charge >= 0.3 is 0 Å². The largest absolute Gasteiger partial charge is 0.481 e. The first-order valence-electron chi connectivity index (χ1n) is 8.13. The van der Waals surface area contributed by atoms with Crippen LogP contribution in [-0.2, 0) is 4.79 Å². The number of carbonyl (C=O) groups excluding carboxylic acids is 1. The molecule has 1 N–H and O–H groups in total. The highest BCUT2D eigenvalue weighted by Gasteiger charge is 2.31. The Kier molecular flexibility index (Phi) is 5.11. The molecule has 1 amide bonds. The molecular weight excluding hydrogens is 307 g/mol. The van der Waals surface area contributed by atoms with Crippen molar-refractivity contribution in [3.05, 3.63) is 66.0 Å². The van der Waals surface area contributed by atoms with Gasteiger partial charge in [-0.1, -0.05) is 30.3 Å². The summed E-state index contributed by atoms with van der Waals surface area (Å²) in [5.74, 6) is 0.282. The van der Waals surface area contributed by atoms with Gasteiger partial charge in [-0.05, 0) is 36.8 Å². The van der Waals surface area contributed by atoms with Crippen LogP contribution in [0.2, 0.25) is 0 Å². The van der Waals surface area contributed by atoms with Gasteiger partial charge in [0.15, 0.2) is 6.10 Å². The second-order valence-corrected chi connectivity index (χ2v) is 5.88. The van der Waals surface area contributed by atoms with E-state index in [1.165, 1.54) is 12.1 Å². The van der Waals surface area contributed by atoms with Crippen LogP contribution in [0.25, 0.3) is 0 Å². The highest BCUT2D eigenvalue weighted by molar-refractivity contribution is 5.81. The number of piperazine rings is 1. The van der Waals surface area contributed by atoms with Gasteiger partial charge in [0.05, 0.1) is 6.04 Å². The van der Waals surface area contributed by atoms with Crippen LogP contribution in [0.1, 0.15) is 18.5 Å². The van der Waals surface area contributed by atoms with Gasteiger partial charge in [0.1, 0.15) is 11.6 Å². The van der Waals surface area contributed by atoms with Gasteiger partial charge in [0, 0.05) is 19.6 Å². The van der Waals surface area contributed by atoms with Crippen molar-refractivity contribution >= 4 is 5.91 Å². The van der Waals surface area contributed by atoms with E-state index in [1.807, 2.05) is 36.4 Å². The van der Waals surface area contributed by atoms with Gasteiger partial charge < -0.3 is 15.0 Å². The molecule has 126 valence electrons. The van der Waals surface area contributed by atoms with Crippen molar-refractivity contribution in [3.8, 4) is 5.75 Å². The molecule has 1 fully saturated rings. The number of hydrogen-bond donors (Lipinski definition) is 1. The van der Waals surface area contributed by atoms with Gasteiger partial charge in [0.2, 0.25) is 0 Å². The van der Waals surface area contributed by atoms with Gasteiger partial charge in [0.25, 0.3) is 5.91 Å². The average molecular weight is 328 g/mol. The Morgan fingerprint density at radius 3 is 2.79 bits per heavy atom. The van der Waals surface area contributed by atoms with E-state index in [0.717, 1.165) is 12.1 Å². The molecule has 3 rings (SSSR count). The standard InChI is InChI=1S/C19H21FN2O2/c1-14(24-17-8-3-2-4-9-17)19(23)22-11-10-21-13-18(22)15-6-5-7-16(20)12-15/h2-9,12,14,18,21H,10-11,13H2,1H3. The van der Waals surface area contributed by atoms with Crippen molar-refractivity contribution in [1.82, 2.24) is 10.2 Å². The summed E-state index contributed by atoms with van der Waals surface area (Å²) in [6, 6.07) is 15.5. The van der Waals surface area contributed by atoms with E-state index in [2.05, 4.69) is 5.32 Å². The number of nitrogens with one attached hydrogen (secondary N) is 1. The molecule has 2 aromatic rings. The third-order valence-electron chi connectivity index (χ3n) is 4.16. The van der Waals surface area contributed by atoms with E-state index in [0.29, 0.717) is 18.8 Å². The first-order valence-corrected chi connectivity index (χ1v) is 8.13. The monoisotopic (exact) mass is 328 g/mol. The van der Waals surface area contributed by atoms with Crippen LogP contribution in [0.15, 0.2) is 54.6 Å². The topological polar surface area (TPSA) is 41.6 Å². The molecule has 0 bridgehead atoms. The van der Waals surface area contributed by atoms with Crippen molar-refractivity contribution in [2.75, 3.05) is 19.6 Å². The summed E-state index contributed by atoms with van der Waals surface area (Å²) in [5.41, 5.74) is 0.794. The van der Waals surface area contributed by atoms with Crippen molar-refractivity contribution < 1.29 is 13.9 Å². The number of hydrogen-bond acceptors (Lipinski definition) is 3. The van der Waals surface area contributed by atoms with Crippen LogP contribution in [0.5, 0.6) is 5.75 Å². The Hall–Kier alpha value is -2.40. The first-order chi connectivity index (χ1) is 11.6. The van der Waals surface area contributed by atoms with Crippen LogP contribution in [0.4, 0.5) is 4.39 Å². The van der Waals surface area contributed by atoms with Crippen LogP contribution >= 0.6 is 0 Å². The summed E-state index contributed by atoms with van der Waals surface area (Å²) in [7, 11) is 0. The molecule has 2 unspecified atom stereocenters. The normalized spacial score (nSPS) is 18.9. The number of benzene rings is 2. The predicted octanol–water partition coefficient (Wildman–Crippen LogP) is 2.77. The minimum Gasteiger partial charge on any atom is -0.481 e. The fourth-order valence-electron chi connectivity index (χ4n) is 2.97. The zero-order chi connectivity index (χ0) is 16.9. The van der Waals surface area contributed by atoms with Crippen LogP contribution < -0.4 is 10.1 Å². The lowest BCUT2D eigenvalue weighted by atomic mass is 10.0. The maximum absolute atomic E-state index is 13.5. The second kappa shape index (κ2) is 7.45. The Morgan fingerprint density at radius 2 is 2.04 bits per heavy atom. The quantitative estimate of drug-likeness (QED) is 0.938. The zero-order valence-electron chi connectivity index (χ0n) is 13.6. The maximum atomic E-state index is 13.5. The molecule has 1 heterocycles. The summed E-state index contributed by atoms with van der Waals surface area (Å²) in [4.78, 5) is 14.6. The zero-order valence-corrected chi connectivity index (χ0v) is 13.6. The molecule has 2 atom stereocenters. The lowest BCUT2D eigenvalue weighted by Gasteiger charge is -2.38. The molecule has 0 aliphatic carbocycles. The van der Waals surface area contributed by atoms with Crippen molar-refractivity contribution in [3.63, 3.8) is 0 Å². The lowest BCUT2D eigenvalue weighted by Crippen LogP contribution is -2.52. The van der Waals surface area contributed by atoms with Crippen molar-refractivity contribution in [2.45, 2.75) is 19.1 Å². The van der Waals surface area contributed by atoms with Gasteiger partial charge in [-0.25, -0.2) is 4.39 Å². The van der Waals surface area contributed by atoms with Crippen LogP contribution in [0, 0.1) is 5.82 Å². The number of amides is 1. The lowest BCUT2D eigenvalue weighted by molar-refractivity contribution is -0.141. The van der Waals surface area contributed by atoms with Gasteiger partial charge in [-0.3, -0.25) is 4.79 Å². The number of halogens is 1.